The number of thiophene rings is 1. The number of carbonyl (C=O) groups is 1. The quantitative estimate of drug-likeness (QED) is 0.885. The number of nitrogens with one attached hydrogen (secondary N) is 1. The molecular weight excluding hydrogens is 302 g/mol. The van der Waals surface area contributed by atoms with Crippen molar-refractivity contribution in [2.24, 2.45) is 0 Å². The van der Waals surface area contributed by atoms with Crippen molar-refractivity contribution < 1.29 is 4.79 Å². The third-order valence-electron chi connectivity index (χ3n) is 3.47. The van der Waals surface area contributed by atoms with Crippen molar-refractivity contribution in [2.45, 2.75) is 32.4 Å². The van der Waals surface area contributed by atoms with E-state index in [0.717, 1.165) is 27.9 Å². The minimum atomic E-state index is -0.0964. The monoisotopic (exact) mass is 323 g/mol. The molecule has 2 rings (SSSR count). The van der Waals surface area contributed by atoms with Gasteiger partial charge in [0, 0.05) is 22.9 Å². The highest BCUT2D eigenvalue weighted by Gasteiger charge is 2.18. The van der Waals surface area contributed by atoms with Crippen molar-refractivity contribution in [2.75, 3.05) is 18.5 Å². The molecule has 0 aromatic carbocycles. The van der Waals surface area contributed by atoms with Gasteiger partial charge < -0.3 is 11.1 Å². The van der Waals surface area contributed by atoms with Crippen LogP contribution in [0.1, 0.15) is 34.3 Å². The average molecular weight is 323 g/mol. The molecule has 0 aliphatic carbocycles. The Morgan fingerprint density at radius 3 is 2.90 bits per heavy atom. The number of hydrogen-bond donors (Lipinski definition) is 2. The topological polar surface area (TPSA) is 68.0 Å². The number of aryl methyl sites for hydroxylation is 2. The van der Waals surface area contributed by atoms with E-state index in [-0.39, 0.29) is 5.91 Å². The SMILES string of the molecule is CSC(C)CCNC(=O)c1sc2nc(C)cc(C)c2c1N. The molecule has 114 valence electrons. The Bertz CT molecular complexity index is 666. The van der Waals surface area contributed by atoms with Crippen molar-refractivity contribution in [3.63, 3.8) is 0 Å². The van der Waals surface area contributed by atoms with Gasteiger partial charge in [-0.15, -0.1) is 11.3 Å². The van der Waals surface area contributed by atoms with Crippen LogP contribution in [0.15, 0.2) is 6.07 Å². The van der Waals surface area contributed by atoms with Crippen LogP contribution < -0.4 is 11.1 Å². The molecule has 4 nitrogen and oxygen atoms in total. The predicted octanol–water partition coefficient (Wildman–Crippen LogP) is 3.37. The van der Waals surface area contributed by atoms with Crippen LogP contribution in [0.5, 0.6) is 0 Å². The van der Waals surface area contributed by atoms with Crippen LogP contribution in [0, 0.1) is 13.8 Å². The number of carbonyl (C=O) groups excluding carboxylic acids is 1. The van der Waals surface area contributed by atoms with Crippen LogP contribution in [0.3, 0.4) is 0 Å². The summed E-state index contributed by atoms with van der Waals surface area (Å²) in [6, 6.07) is 1.99. The Labute approximate surface area is 133 Å². The smallest absolute Gasteiger partial charge is 0.263 e. The summed E-state index contributed by atoms with van der Waals surface area (Å²) in [6.45, 7) is 6.77. The molecule has 2 aromatic heterocycles. The number of nitrogens with zero attached hydrogens (tertiary/aromatic N) is 1. The Kier molecular flexibility index (Phi) is 5.11. The zero-order chi connectivity index (χ0) is 15.6. The summed E-state index contributed by atoms with van der Waals surface area (Å²) in [7, 11) is 0. The Morgan fingerprint density at radius 2 is 2.24 bits per heavy atom. The molecule has 1 unspecified atom stereocenters. The number of pyridine rings is 1. The fraction of sp³-hybridized carbons (Fsp3) is 0.467. The second kappa shape index (κ2) is 6.66. The second-order valence-corrected chi connectivity index (χ2v) is 7.47. The van der Waals surface area contributed by atoms with Crippen LogP contribution >= 0.6 is 23.1 Å². The van der Waals surface area contributed by atoms with Crippen molar-refractivity contribution in [1.29, 1.82) is 0 Å². The maximum atomic E-state index is 12.3. The third kappa shape index (κ3) is 3.49. The van der Waals surface area contributed by atoms with E-state index in [9.17, 15) is 4.79 Å². The van der Waals surface area contributed by atoms with Crippen LogP contribution in [0.2, 0.25) is 0 Å². The lowest BCUT2D eigenvalue weighted by Crippen LogP contribution is -2.25. The van der Waals surface area contributed by atoms with Crippen LogP contribution in [-0.2, 0) is 0 Å². The van der Waals surface area contributed by atoms with Crippen molar-refractivity contribution >= 4 is 44.9 Å². The maximum Gasteiger partial charge on any atom is 0.263 e. The summed E-state index contributed by atoms with van der Waals surface area (Å²) in [5, 5.41) is 4.40. The summed E-state index contributed by atoms with van der Waals surface area (Å²) in [6.07, 6.45) is 3.03. The van der Waals surface area contributed by atoms with Gasteiger partial charge in [0.25, 0.3) is 5.91 Å². The predicted molar refractivity (Wildman–Crippen MR) is 93.4 cm³/mol. The van der Waals surface area contributed by atoms with E-state index in [4.69, 9.17) is 5.73 Å². The molecular formula is C15H21N3OS2. The molecule has 0 saturated carbocycles. The van der Waals surface area contributed by atoms with Crippen molar-refractivity contribution in [3.8, 4) is 0 Å². The van der Waals surface area contributed by atoms with Crippen molar-refractivity contribution in [3.05, 3.63) is 22.2 Å². The summed E-state index contributed by atoms with van der Waals surface area (Å²) < 4.78 is 0. The Morgan fingerprint density at radius 1 is 1.52 bits per heavy atom. The number of nitrogen functional groups attached to an aromatic ring is 1. The molecule has 0 saturated heterocycles. The number of anilines is 1. The van der Waals surface area contributed by atoms with E-state index >= 15 is 0 Å². The van der Waals surface area contributed by atoms with Crippen LogP contribution in [-0.4, -0.2) is 28.9 Å². The highest BCUT2D eigenvalue weighted by Crippen LogP contribution is 2.34. The third-order valence-corrected chi connectivity index (χ3v) is 5.61. The number of fused-ring (bicyclic) bond motifs is 1. The summed E-state index contributed by atoms with van der Waals surface area (Å²) >= 11 is 3.17. The van der Waals surface area contributed by atoms with E-state index in [2.05, 4.69) is 23.5 Å². The van der Waals surface area contributed by atoms with E-state index in [0.29, 0.717) is 22.4 Å². The van der Waals surface area contributed by atoms with E-state index in [1.54, 1.807) is 11.8 Å². The maximum absolute atomic E-state index is 12.3. The largest absolute Gasteiger partial charge is 0.397 e. The second-order valence-electron chi connectivity index (χ2n) is 5.20. The summed E-state index contributed by atoms with van der Waals surface area (Å²) in [4.78, 5) is 18.2. The average Bonchev–Trinajstić information content (AvgIpc) is 2.75. The lowest BCUT2D eigenvalue weighted by molar-refractivity contribution is 0.0958. The molecule has 6 heteroatoms. The molecule has 0 spiro atoms. The number of rotatable bonds is 5. The van der Waals surface area contributed by atoms with Gasteiger partial charge in [-0.1, -0.05) is 6.92 Å². The van der Waals surface area contributed by atoms with Gasteiger partial charge in [-0.3, -0.25) is 4.79 Å². The minimum Gasteiger partial charge on any atom is -0.397 e. The zero-order valence-electron chi connectivity index (χ0n) is 12.8. The molecule has 2 aromatic rings. The minimum absolute atomic E-state index is 0.0964. The number of nitrogens with two attached hydrogens (primary N) is 1. The fourth-order valence-corrected chi connectivity index (χ4v) is 3.71. The molecule has 21 heavy (non-hydrogen) atoms. The highest BCUT2D eigenvalue weighted by molar-refractivity contribution is 7.99. The van der Waals surface area contributed by atoms with Gasteiger partial charge in [-0.25, -0.2) is 4.98 Å². The number of hydrogen-bond acceptors (Lipinski definition) is 5. The lowest BCUT2D eigenvalue weighted by Gasteiger charge is -2.08. The molecule has 0 bridgehead atoms. The van der Waals surface area contributed by atoms with Crippen LogP contribution in [0.25, 0.3) is 10.2 Å². The lowest BCUT2D eigenvalue weighted by atomic mass is 10.1. The number of aromatic nitrogens is 1. The zero-order valence-corrected chi connectivity index (χ0v) is 14.5. The first-order valence-electron chi connectivity index (χ1n) is 6.91. The van der Waals surface area contributed by atoms with Gasteiger partial charge in [0.1, 0.15) is 9.71 Å². The number of thioether (sulfide) groups is 1. The standard InChI is InChI=1S/C15H21N3OS2/c1-8-7-9(2)18-15-11(8)12(16)13(21-15)14(19)17-6-5-10(3)20-4/h7,10H,5-6,16H2,1-4H3,(H,17,19). The molecule has 1 amide bonds. The van der Waals surface area contributed by atoms with Gasteiger partial charge in [0.2, 0.25) is 0 Å². The van der Waals surface area contributed by atoms with E-state index in [1.165, 1.54) is 11.3 Å². The molecule has 0 aliphatic heterocycles. The van der Waals surface area contributed by atoms with Crippen molar-refractivity contribution in [1.82, 2.24) is 10.3 Å². The van der Waals surface area contributed by atoms with E-state index < -0.39 is 0 Å². The molecule has 0 radical (unpaired) electrons. The number of amides is 1. The molecule has 0 fully saturated rings. The fourth-order valence-electron chi connectivity index (χ4n) is 2.22. The van der Waals surface area contributed by atoms with Gasteiger partial charge in [0.05, 0.1) is 5.69 Å². The van der Waals surface area contributed by atoms with Gasteiger partial charge in [-0.05, 0) is 38.2 Å². The highest BCUT2D eigenvalue weighted by atomic mass is 32.2. The first-order chi connectivity index (χ1) is 9.93. The Balaban J connectivity index is 2.20. The van der Waals surface area contributed by atoms with Gasteiger partial charge in [-0.2, -0.15) is 11.8 Å². The summed E-state index contributed by atoms with van der Waals surface area (Å²) in [5.41, 5.74) is 8.72. The van der Waals surface area contributed by atoms with Gasteiger partial charge >= 0.3 is 0 Å². The Hall–Kier alpha value is -1.27. The molecule has 2 heterocycles. The molecule has 1 atom stereocenters. The first kappa shape index (κ1) is 16.1. The van der Waals surface area contributed by atoms with Crippen LogP contribution in [0.4, 0.5) is 5.69 Å². The first-order valence-corrected chi connectivity index (χ1v) is 9.01. The molecule has 3 N–H and O–H groups in total. The van der Waals surface area contributed by atoms with Gasteiger partial charge in [0.15, 0.2) is 0 Å². The normalized spacial score (nSPS) is 12.6. The van der Waals surface area contributed by atoms with E-state index in [1.807, 2.05) is 19.9 Å². The molecule has 0 aliphatic rings. The summed E-state index contributed by atoms with van der Waals surface area (Å²) in [5.74, 6) is -0.0964.